The Kier molecular flexibility index (Phi) is 4.40. The quantitative estimate of drug-likeness (QED) is 0.847. The molecule has 1 saturated heterocycles. The summed E-state index contributed by atoms with van der Waals surface area (Å²) < 4.78 is 52.3. The van der Waals surface area contributed by atoms with E-state index in [1.807, 2.05) is 0 Å². The van der Waals surface area contributed by atoms with Crippen LogP contribution in [-0.4, -0.2) is 42.8 Å². The molecule has 0 bridgehead atoms. The number of nitrogens with zero attached hydrogens (tertiary/aromatic N) is 1. The Morgan fingerprint density at radius 2 is 1.57 bits per heavy atom. The summed E-state index contributed by atoms with van der Waals surface area (Å²) in [4.78, 5) is 13.4. The molecule has 0 spiro atoms. The van der Waals surface area contributed by atoms with Crippen LogP contribution in [0.25, 0.3) is 0 Å². The maximum atomic E-state index is 13.6. The van der Waals surface area contributed by atoms with Crippen molar-refractivity contribution in [3.8, 4) is 0 Å². The van der Waals surface area contributed by atoms with Gasteiger partial charge < -0.3 is 4.90 Å². The molecule has 3 rings (SSSR count). The maximum absolute atomic E-state index is 13.6. The number of benzene rings is 1. The number of carbonyl (C=O) groups excluding carboxylic acids is 1. The predicted octanol–water partition coefficient (Wildman–Crippen LogP) is 2.54. The number of sulfone groups is 1. The van der Waals surface area contributed by atoms with Crippen LogP contribution in [0.1, 0.15) is 42.5 Å². The smallest absolute Gasteiger partial charge is 0.259 e. The normalized spacial score (nSPS) is 20.3. The minimum Gasteiger partial charge on any atom is -0.336 e. The Hall–Kier alpha value is -1.50. The fourth-order valence-corrected chi connectivity index (χ4v) is 5.65. The van der Waals surface area contributed by atoms with E-state index in [1.165, 1.54) is 11.0 Å². The molecule has 1 saturated carbocycles. The second kappa shape index (κ2) is 6.19. The highest BCUT2D eigenvalue weighted by Gasteiger charge is 2.44. The second-order valence-corrected chi connectivity index (χ2v) is 8.79. The van der Waals surface area contributed by atoms with Gasteiger partial charge in [-0.3, -0.25) is 4.79 Å². The minimum atomic E-state index is -3.28. The van der Waals surface area contributed by atoms with Gasteiger partial charge in [0, 0.05) is 13.1 Å². The van der Waals surface area contributed by atoms with Crippen molar-refractivity contribution in [3.05, 3.63) is 35.4 Å². The third-order valence-electron chi connectivity index (χ3n) is 4.79. The molecule has 1 aliphatic carbocycles. The zero-order valence-electron chi connectivity index (χ0n) is 12.7. The Bertz CT molecular complexity index is 688. The summed E-state index contributed by atoms with van der Waals surface area (Å²) in [5, 5.41) is -0.937. The molecule has 23 heavy (non-hydrogen) atoms. The molecule has 0 unspecified atom stereocenters. The zero-order valence-corrected chi connectivity index (χ0v) is 13.5. The SMILES string of the molecule is O=C(c1c(F)cccc1F)N1CC(S(=O)(=O)C2CCCCC2)C1. The van der Waals surface area contributed by atoms with Gasteiger partial charge in [-0.25, -0.2) is 17.2 Å². The van der Waals surface area contributed by atoms with Crippen LogP contribution in [0.15, 0.2) is 18.2 Å². The number of rotatable bonds is 3. The molecule has 1 heterocycles. The van der Waals surface area contributed by atoms with Gasteiger partial charge in [-0.15, -0.1) is 0 Å². The number of amides is 1. The van der Waals surface area contributed by atoms with Crippen LogP contribution in [0.5, 0.6) is 0 Å². The van der Waals surface area contributed by atoms with Crippen LogP contribution in [0, 0.1) is 11.6 Å². The van der Waals surface area contributed by atoms with Gasteiger partial charge in [0.1, 0.15) is 17.2 Å². The Balaban J connectivity index is 1.68. The first-order valence-corrected chi connectivity index (χ1v) is 9.48. The van der Waals surface area contributed by atoms with Crippen molar-refractivity contribution in [2.24, 2.45) is 0 Å². The van der Waals surface area contributed by atoms with Crippen LogP contribution in [0.3, 0.4) is 0 Å². The Labute approximate surface area is 134 Å². The highest BCUT2D eigenvalue weighted by atomic mass is 32.2. The number of halogens is 2. The third kappa shape index (κ3) is 2.98. The zero-order chi connectivity index (χ0) is 16.6. The molecule has 1 aromatic rings. The first-order valence-electron chi connectivity index (χ1n) is 7.87. The average molecular weight is 343 g/mol. The monoisotopic (exact) mass is 343 g/mol. The largest absolute Gasteiger partial charge is 0.336 e. The minimum absolute atomic E-state index is 0.0193. The van der Waals surface area contributed by atoms with Crippen molar-refractivity contribution in [3.63, 3.8) is 0 Å². The molecule has 0 N–H and O–H groups in total. The molecule has 1 amide bonds. The molecule has 126 valence electrons. The molecule has 4 nitrogen and oxygen atoms in total. The van der Waals surface area contributed by atoms with Gasteiger partial charge >= 0.3 is 0 Å². The molecule has 0 atom stereocenters. The third-order valence-corrected chi connectivity index (χ3v) is 7.42. The van der Waals surface area contributed by atoms with Gasteiger partial charge in [-0.05, 0) is 25.0 Å². The molecule has 2 fully saturated rings. The van der Waals surface area contributed by atoms with Gasteiger partial charge in [-0.1, -0.05) is 25.3 Å². The molecule has 0 radical (unpaired) electrons. The van der Waals surface area contributed by atoms with Gasteiger partial charge in [0.15, 0.2) is 9.84 Å². The Morgan fingerprint density at radius 1 is 1.00 bits per heavy atom. The van der Waals surface area contributed by atoms with Crippen molar-refractivity contribution in [1.29, 1.82) is 0 Å². The van der Waals surface area contributed by atoms with E-state index in [4.69, 9.17) is 0 Å². The van der Waals surface area contributed by atoms with Gasteiger partial charge in [0.05, 0.1) is 10.5 Å². The maximum Gasteiger partial charge on any atom is 0.259 e. The van der Waals surface area contributed by atoms with Crippen LogP contribution < -0.4 is 0 Å². The summed E-state index contributed by atoms with van der Waals surface area (Å²) in [5.41, 5.74) is -0.610. The number of hydrogen-bond donors (Lipinski definition) is 0. The van der Waals surface area contributed by atoms with Crippen molar-refractivity contribution >= 4 is 15.7 Å². The lowest BCUT2D eigenvalue weighted by Gasteiger charge is -2.40. The van der Waals surface area contributed by atoms with Crippen molar-refractivity contribution in [1.82, 2.24) is 4.90 Å². The van der Waals surface area contributed by atoms with Crippen LogP contribution in [0.2, 0.25) is 0 Å². The summed E-state index contributed by atoms with van der Waals surface area (Å²) in [5.74, 6) is -2.63. The lowest BCUT2D eigenvalue weighted by Crippen LogP contribution is -2.59. The van der Waals surface area contributed by atoms with Crippen LogP contribution in [0.4, 0.5) is 8.78 Å². The van der Waals surface area contributed by atoms with Crippen LogP contribution >= 0.6 is 0 Å². The molecule has 2 aliphatic rings. The summed E-state index contributed by atoms with van der Waals surface area (Å²) >= 11 is 0. The topological polar surface area (TPSA) is 54.5 Å². The molecular weight excluding hydrogens is 324 g/mol. The van der Waals surface area contributed by atoms with E-state index in [2.05, 4.69) is 0 Å². The standard InChI is InChI=1S/C16H19F2NO3S/c17-13-7-4-8-14(18)15(13)16(20)19-9-12(10-19)23(21,22)11-5-2-1-3-6-11/h4,7-8,11-12H,1-3,5-6,9-10H2. The molecular formula is C16H19F2NO3S. The number of carbonyl (C=O) groups is 1. The summed E-state index contributed by atoms with van der Waals surface area (Å²) in [6, 6.07) is 3.23. The predicted molar refractivity (Wildman–Crippen MR) is 81.8 cm³/mol. The lowest BCUT2D eigenvalue weighted by molar-refractivity contribution is 0.0648. The fourth-order valence-electron chi connectivity index (χ4n) is 3.34. The van der Waals surface area contributed by atoms with Crippen molar-refractivity contribution in [2.45, 2.75) is 42.6 Å². The van der Waals surface area contributed by atoms with E-state index in [0.29, 0.717) is 12.8 Å². The van der Waals surface area contributed by atoms with E-state index in [0.717, 1.165) is 31.4 Å². The number of likely N-dealkylation sites (tertiary alicyclic amines) is 1. The van der Waals surface area contributed by atoms with E-state index >= 15 is 0 Å². The second-order valence-electron chi connectivity index (χ2n) is 6.28. The average Bonchev–Trinajstić information content (AvgIpc) is 2.46. The number of hydrogen-bond acceptors (Lipinski definition) is 3. The first-order chi connectivity index (χ1) is 10.9. The van der Waals surface area contributed by atoms with Gasteiger partial charge in [0.25, 0.3) is 5.91 Å². The van der Waals surface area contributed by atoms with Gasteiger partial charge in [-0.2, -0.15) is 0 Å². The van der Waals surface area contributed by atoms with E-state index < -0.39 is 38.2 Å². The van der Waals surface area contributed by atoms with Gasteiger partial charge in [0.2, 0.25) is 0 Å². The summed E-state index contributed by atoms with van der Waals surface area (Å²) in [6.45, 7) is 0.0386. The molecule has 1 aliphatic heterocycles. The van der Waals surface area contributed by atoms with E-state index in [1.54, 1.807) is 0 Å². The lowest BCUT2D eigenvalue weighted by atomic mass is 10.0. The first kappa shape index (κ1) is 16.4. The van der Waals surface area contributed by atoms with E-state index in [-0.39, 0.29) is 18.3 Å². The van der Waals surface area contributed by atoms with Crippen molar-refractivity contribution in [2.75, 3.05) is 13.1 Å². The summed E-state index contributed by atoms with van der Waals surface area (Å²) in [6.07, 6.45) is 4.25. The molecule has 0 aromatic heterocycles. The highest BCUT2D eigenvalue weighted by Crippen LogP contribution is 2.30. The Morgan fingerprint density at radius 3 is 2.13 bits per heavy atom. The van der Waals surface area contributed by atoms with E-state index in [9.17, 15) is 22.0 Å². The summed E-state index contributed by atoms with van der Waals surface area (Å²) in [7, 11) is -3.28. The highest BCUT2D eigenvalue weighted by molar-refractivity contribution is 7.92. The van der Waals surface area contributed by atoms with Crippen LogP contribution in [-0.2, 0) is 9.84 Å². The fraction of sp³-hybridized carbons (Fsp3) is 0.562. The van der Waals surface area contributed by atoms with Crippen molar-refractivity contribution < 1.29 is 22.0 Å². The molecule has 1 aromatic carbocycles. The molecule has 7 heteroatoms.